The van der Waals surface area contributed by atoms with Crippen LogP contribution in [0.4, 0.5) is 0 Å². The first-order valence-electron chi connectivity index (χ1n) is 6.11. The van der Waals surface area contributed by atoms with E-state index in [4.69, 9.17) is 27.7 Å². The van der Waals surface area contributed by atoms with Crippen molar-refractivity contribution in [2.45, 2.75) is 31.3 Å². The largest absolute Gasteiger partial charge is 0.380 e. The summed E-state index contributed by atoms with van der Waals surface area (Å²) in [6.07, 6.45) is 3.21. The number of hydrogen-bond acceptors (Lipinski definition) is 4. The molecule has 0 unspecified atom stereocenters. The van der Waals surface area contributed by atoms with Gasteiger partial charge < -0.3 is 9.63 Å². The molecule has 0 atom stereocenters. The van der Waals surface area contributed by atoms with Crippen LogP contribution in [0.2, 0.25) is 10.0 Å². The number of aromatic nitrogens is 2. The van der Waals surface area contributed by atoms with Crippen LogP contribution < -0.4 is 0 Å². The molecule has 1 aromatic heterocycles. The van der Waals surface area contributed by atoms with Gasteiger partial charge in [-0.25, -0.2) is 0 Å². The van der Waals surface area contributed by atoms with Crippen LogP contribution in [0.3, 0.4) is 0 Å². The van der Waals surface area contributed by atoms with Gasteiger partial charge >= 0.3 is 0 Å². The molecule has 1 fully saturated rings. The van der Waals surface area contributed by atoms with E-state index in [0.717, 1.165) is 12.8 Å². The molecule has 6 heteroatoms. The van der Waals surface area contributed by atoms with Crippen molar-refractivity contribution >= 4 is 23.2 Å². The summed E-state index contributed by atoms with van der Waals surface area (Å²) in [6.45, 7) is 0. The molecular weight excluding hydrogens is 287 g/mol. The molecule has 1 saturated carbocycles. The van der Waals surface area contributed by atoms with E-state index in [2.05, 4.69) is 10.1 Å². The zero-order chi connectivity index (χ0) is 13.5. The van der Waals surface area contributed by atoms with Gasteiger partial charge in [-0.3, -0.25) is 0 Å². The zero-order valence-corrected chi connectivity index (χ0v) is 11.6. The molecule has 100 valence electrons. The van der Waals surface area contributed by atoms with Gasteiger partial charge in [0.2, 0.25) is 5.82 Å². The Morgan fingerprint density at radius 1 is 1.16 bits per heavy atom. The molecule has 4 nitrogen and oxygen atoms in total. The van der Waals surface area contributed by atoms with Crippen LogP contribution in [0.1, 0.15) is 31.6 Å². The molecule has 0 spiro atoms. The molecule has 3 rings (SSSR count). The van der Waals surface area contributed by atoms with E-state index in [0.29, 0.717) is 34.3 Å². The second kappa shape index (κ2) is 4.78. The summed E-state index contributed by atoms with van der Waals surface area (Å²) >= 11 is 12.2. The third-order valence-corrected chi connectivity index (χ3v) is 4.07. The number of rotatable bonds is 2. The van der Waals surface area contributed by atoms with Crippen LogP contribution in [0.15, 0.2) is 22.7 Å². The summed E-state index contributed by atoms with van der Waals surface area (Å²) in [5.74, 6) is 0.557. The lowest BCUT2D eigenvalue weighted by Gasteiger charge is -2.15. The van der Waals surface area contributed by atoms with Crippen LogP contribution in [0.5, 0.6) is 0 Å². The predicted molar refractivity (Wildman–Crippen MR) is 72.1 cm³/mol. The van der Waals surface area contributed by atoms with Crippen LogP contribution in [-0.2, 0) is 5.60 Å². The van der Waals surface area contributed by atoms with E-state index in [1.807, 2.05) is 0 Å². The number of halogens is 2. The molecular formula is C13H12Cl2N2O2. The first-order valence-corrected chi connectivity index (χ1v) is 6.87. The quantitative estimate of drug-likeness (QED) is 0.916. The Labute approximate surface area is 120 Å². The van der Waals surface area contributed by atoms with E-state index < -0.39 is 5.60 Å². The number of nitrogens with zero attached hydrogens (tertiary/aromatic N) is 2. The van der Waals surface area contributed by atoms with Gasteiger partial charge in [-0.15, -0.1) is 0 Å². The molecule has 19 heavy (non-hydrogen) atoms. The van der Waals surface area contributed by atoms with Crippen molar-refractivity contribution in [1.82, 2.24) is 10.1 Å². The van der Waals surface area contributed by atoms with Crippen molar-refractivity contribution in [3.8, 4) is 11.4 Å². The summed E-state index contributed by atoms with van der Waals surface area (Å²) in [5.41, 5.74) is -0.471. The van der Waals surface area contributed by atoms with E-state index in [-0.39, 0.29) is 5.89 Å². The van der Waals surface area contributed by atoms with Gasteiger partial charge in [-0.2, -0.15) is 4.98 Å². The summed E-state index contributed by atoms with van der Waals surface area (Å²) in [7, 11) is 0. The van der Waals surface area contributed by atoms with Crippen molar-refractivity contribution in [3.63, 3.8) is 0 Å². The monoisotopic (exact) mass is 298 g/mol. The highest BCUT2D eigenvalue weighted by Gasteiger charge is 2.38. The molecule has 0 bridgehead atoms. The van der Waals surface area contributed by atoms with Gasteiger partial charge in [0.05, 0.1) is 15.6 Å². The topological polar surface area (TPSA) is 59.2 Å². The highest BCUT2D eigenvalue weighted by molar-refractivity contribution is 6.38. The maximum Gasteiger partial charge on any atom is 0.258 e. The Kier molecular flexibility index (Phi) is 3.25. The average molecular weight is 299 g/mol. The number of benzene rings is 1. The fourth-order valence-corrected chi connectivity index (χ4v) is 2.97. The Hall–Kier alpha value is -1.10. The minimum atomic E-state index is -1.00. The van der Waals surface area contributed by atoms with Crippen LogP contribution >= 0.6 is 23.2 Å². The van der Waals surface area contributed by atoms with Crippen LogP contribution in [0, 0.1) is 0 Å². The summed E-state index contributed by atoms with van der Waals surface area (Å²) in [4.78, 5) is 4.26. The molecule has 1 N–H and O–H groups in total. The predicted octanol–water partition coefficient (Wildman–Crippen LogP) is 3.81. The van der Waals surface area contributed by atoms with E-state index >= 15 is 0 Å². The third-order valence-electron chi connectivity index (χ3n) is 3.44. The molecule has 1 aliphatic carbocycles. The van der Waals surface area contributed by atoms with Gasteiger partial charge in [0.1, 0.15) is 5.60 Å². The Balaban J connectivity index is 2.02. The smallest absolute Gasteiger partial charge is 0.258 e. The maximum absolute atomic E-state index is 10.4. The first-order chi connectivity index (χ1) is 9.10. The molecule has 0 saturated heterocycles. The highest BCUT2D eigenvalue weighted by Crippen LogP contribution is 2.39. The van der Waals surface area contributed by atoms with Crippen LogP contribution in [-0.4, -0.2) is 15.2 Å². The Morgan fingerprint density at radius 3 is 2.42 bits per heavy atom. The van der Waals surface area contributed by atoms with Crippen LogP contribution in [0.25, 0.3) is 11.4 Å². The van der Waals surface area contributed by atoms with Crippen molar-refractivity contribution in [1.29, 1.82) is 0 Å². The van der Waals surface area contributed by atoms with E-state index in [1.54, 1.807) is 18.2 Å². The second-order valence-corrected chi connectivity index (χ2v) is 5.57. The van der Waals surface area contributed by atoms with E-state index in [9.17, 15) is 5.11 Å². The van der Waals surface area contributed by atoms with Gasteiger partial charge in [0.25, 0.3) is 5.89 Å². The Morgan fingerprint density at radius 2 is 1.79 bits per heavy atom. The minimum Gasteiger partial charge on any atom is -0.380 e. The molecule has 1 aliphatic rings. The first kappa shape index (κ1) is 12.9. The standard InChI is InChI=1S/C13H12Cl2N2O2/c14-8-4-3-5-9(15)10(8)11-16-12(19-17-11)13(18)6-1-2-7-13/h3-5,18H,1-2,6-7H2. The lowest BCUT2D eigenvalue weighted by atomic mass is 10.0. The molecule has 0 amide bonds. The van der Waals surface area contributed by atoms with Gasteiger partial charge in [0.15, 0.2) is 0 Å². The van der Waals surface area contributed by atoms with Crippen molar-refractivity contribution < 1.29 is 9.63 Å². The summed E-state index contributed by atoms with van der Waals surface area (Å²) < 4.78 is 5.19. The third kappa shape index (κ3) is 2.24. The fraction of sp³-hybridized carbons (Fsp3) is 0.385. The van der Waals surface area contributed by atoms with Gasteiger partial charge in [-0.1, -0.05) is 34.4 Å². The molecule has 0 radical (unpaired) electrons. The van der Waals surface area contributed by atoms with E-state index in [1.165, 1.54) is 0 Å². The molecule has 1 heterocycles. The number of hydrogen-bond donors (Lipinski definition) is 1. The minimum absolute atomic E-state index is 0.246. The fourth-order valence-electron chi connectivity index (χ4n) is 2.40. The lowest BCUT2D eigenvalue weighted by molar-refractivity contribution is 0.0112. The zero-order valence-electron chi connectivity index (χ0n) is 10.1. The van der Waals surface area contributed by atoms with Gasteiger partial charge in [-0.05, 0) is 37.8 Å². The molecule has 2 aromatic rings. The maximum atomic E-state index is 10.4. The second-order valence-electron chi connectivity index (χ2n) is 4.76. The molecule has 1 aromatic carbocycles. The van der Waals surface area contributed by atoms with Crippen molar-refractivity contribution in [2.24, 2.45) is 0 Å². The Bertz CT molecular complexity index is 586. The lowest BCUT2D eigenvalue weighted by Crippen LogP contribution is -2.21. The summed E-state index contributed by atoms with van der Waals surface area (Å²) in [5, 5.41) is 15.2. The van der Waals surface area contributed by atoms with Crippen molar-refractivity contribution in [2.75, 3.05) is 0 Å². The normalized spacial score (nSPS) is 17.8. The summed E-state index contributed by atoms with van der Waals surface area (Å²) in [6, 6.07) is 5.17. The average Bonchev–Trinajstić information content (AvgIpc) is 2.99. The highest BCUT2D eigenvalue weighted by atomic mass is 35.5. The molecule has 0 aliphatic heterocycles. The van der Waals surface area contributed by atoms with Crippen molar-refractivity contribution in [3.05, 3.63) is 34.1 Å². The van der Waals surface area contributed by atoms with Gasteiger partial charge in [0, 0.05) is 0 Å². The SMILES string of the molecule is OC1(c2nc(-c3c(Cl)cccc3Cl)no2)CCCC1. The number of aliphatic hydroxyl groups is 1.